The van der Waals surface area contributed by atoms with Crippen molar-refractivity contribution >= 4 is 17.5 Å². The third-order valence-corrected chi connectivity index (χ3v) is 4.35. The number of para-hydroxylation sites is 1. The van der Waals surface area contributed by atoms with Gasteiger partial charge in [-0.1, -0.05) is 36.6 Å². The molecule has 1 aliphatic carbocycles. The number of hydrogen-bond acceptors (Lipinski definition) is 3. The number of carbonyl (C=O) groups excluding carboxylic acids is 1. The van der Waals surface area contributed by atoms with Crippen molar-refractivity contribution < 1.29 is 9.90 Å². The molecule has 3 rings (SSSR count). The highest BCUT2D eigenvalue weighted by atomic mass is 35.5. The lowest BCUT2D eigenvalue weighted by Crippen LogP contribution is -2.40. The molecule has 1 saturated carbocycles. The Balaban J connectivity index is 1.68. The largest absolute Gasteiger partial charge is 0.388 e. The quantitative estimate of drug-likeness (QED) is 0.910. The molecule has 0 saturated heterocycles. The van der Waals surface area contributed by atoms with Crippen molar-refractivity contribution in [2.75, 3.05) is 6.54 Å². The van der Waals surface area contributed by atoms with E-state index in [-0.39, 0.29) is 12.5 Å². The molecule has 0 radical (unpaired) electrons. The molecule has 1 aromatic heterocycles. The van der Waals surface area contributed by atoms with E-state index in [0.29, 0.717) is 10.7 Å². The molecule has 5 nitrogen and oxygen atoms in total. The van der Waals surface area contributed by atoms with Gasteiger partial charge < -0.3 is 10.4 Å². The van der Waals surface area contributed by atoms with E-state index < -0.39 is 5.60 Å². The Kier molecular flexibility index (Phi) is 4.18. The first-order chi connectivity index (χ1) is 10.6. The van der Waals surface area contributed by atoms with Gasteiger partial charge in [0.2, 0.25) is 0 Å². The molecule has 116 valence electrons. The summed E-state index contributed by atoms with van der Waals surface area (Å²) in [5.74, 6) is -0.286. The van der Waals surface area contributed by atoms with Crippen LogP contribution < -0.4 is 5.32 Å². The summed E-state index contributed by atoms with van der Waals surface area (Å²) in [6.07, 6.45) is 5.18. The van der Waals surface area contributed by atoms with Crippen molar-refractivity contribution in [1.29, 1.82) is 0 Å². The predicted molar refractivity (Wildman–Crippen MR) is 84.3 cm³/mol. The Morgan fingerprint density at radius 1 is 1.32 bits per heavy atom. The van der Waals surface area contributed by atoms with Crippen molar-refractivity contribution in [3.05, 3.63) is 47.2 Å². The molecular weight excluding hydrogens is 302 g/mol. The minimum absolute atomic E-state index is 0.269. The average Bonchev–Trinajstić information content (AvgIpc) is 3.15. The highest BCUT2D eigenvalue weighted by Crippen LogP contribution is 2.28. The normalized spacial score (nSPS) is 16.6. The van der Waals surface area contributed by atoms with Gasteiger partial charge in [-0.25, -0.2) is 4.68 Å². The number of aliphatic hydroxyl groups is 1. The number of amides is 1. The van der Waals surface area contributed by atoms with Gasteiger partial charge in [0.15, 0.2) is 5.69 Å². The first-order valence-corrected chi connectivity index (χ1v) is 7.76. The third-order valence-electron chi connectivity index (χ3n) is 4.03. The molecule has 1 amide bonds. The van der Waals surface area contributed by atoms with E-state index in [1.807, 2.05) is 18.2 Å². The Hall–Kier alpha value is -1.85. The minimum Gasteiger partial charge on any atom is -0.388 e. The molecule has 1 fully saturated rings. The number of benzene rings is 1. The van der Waals surface area contributed by atoms with Crippen molar-refractivity contribution in [3.63, 3.8) is 0 Å². The summed E-state index contributed by atoms with van der Waals surface area (Å²) in [6.45, 7) is 0.269. The molecule has 2 aromatic rings. The first kappa shape index (κ1) is 15.1. The Labute approximate surface area is 133 Å². The standard InChI is InChI=1S/C16H18ClN3O2/c17-12-5-1-2-6-14(12)20-10-7-13(19-20)15(21)18-11-16(22)8-3-4-9-16/h1-2,5-7,10,22H,3-4,8-9,11H2,(H,18,21). The lowest BCUT2D eigenvalue weighted by Gasteiger charge is -2.21. The molecule has 0 bridgehead atoms. The van der Waals surface area contributed by atoms with Gasteiger partial charge in [0.05, 0.1) is 16.3 Å². The van der Waals surface area contributed by atoms with Crippen molar-refractivity contribution in [2.45, 2.75) is 31.3 Å². The van der Waals surface area contributed by atoms with Gasteiger partial charge >= 0.3 is 0 Å². The topological polar surface area (TPSA) is 67.2 Å². The molecule has 22 heavy (non-hydrogen) atoms. The molecule has 0 aliphatic heterocycles. The van der Waals surface area contributed by atoms with Gasteiger partial charge in [-0.05, 0) is 31.0 Å². The number of hydrogen-bond donors (Lipinski definition) is 2. The van der Waals surface area contributed by atoms with Crippen LogP contribution in [0.15, 0.2) is 36.5 Å². The molecular formula is C16H18ClN3O2. The molecule has 0 unspecified atom stereocenters. The SMILES string of the molecule is O=C(NCC1(O)CCCC1)c1ccn(-c2ccccc2Cl)n1. The summed E-state index contributed by atoms with van der Waals surface area (Å²) in [6, 6.07) is 8.94. The number of rotatable bonds is 4. The molecule has 1 aromatic carbocycles. The van der Waals surface area contributed by atoms with E-state index >= 15 is 0 Å². The Bertz CT molecular complexity index is 678. The number of nitrogens with one attached hydrogen (secondary N) is 1. The van der Waals surface area contributed by atoms with Crippen LogP contribution in [0.4, 0.5) is 0 Å². The van der Waals surface area contributed by atoms with Crippen LogP contribution in [0.5, 0.6) is 0 Å². The van der Waals surface area contributed by atoms with Gasteiger partial charge in [0.1, 0.15) is 0 Å². The summed E-state index contributed by atoms with van der Waals surface area (Å²) in [4.78, 5) is 12.1. The molecule has 2 N–H and O–H groups in total. The Morgan fingerprint density at radius 2 is 2.05 bits per heavy atom. The zero-order valence-corrected chi connectivity index (χ0v) is 12.9. The van der Waals surface area contributed by atoms with Gasteiger partial charge in [0, 0.05) is 12.7 Å². The number of aromatic nitrogens is 2. The van der Waals surface area contributed by atoms with Gasteiger partial charge in [-0.3, -0.25) is 4.79 Å². The van der Waals surface area contributed by atoms with E-state index in [0.717, 1.165) is 31.4 Å². The summed E-state index contributed by atoms with van der Waals surface area (Å²) in [5, 5.41) is 17.8. The molecule has 1 heterocycles. The van der Waals surface area contributed by atoms with Crippen LogP contribution in [0.1, 0.15) is 36.2 Å². The lowest BCUT2D eigenvalue weighted by molar-refractivity contribution is 0.0448. The van der Waals surface area contributed by atoms with Gasteiger partial charge in [-0.15, -0.1) is 0 Å². The van der Waals surface area contributed by atoms with Gasteiger partial charge in [-0.2, -0.15) is 5.10 Å². The monoisotopic (exact) mass is 319 g/mol. The zero-order valence-electron chi connectivity index (χ0n) is 12.1. The van der Waals surface area contributed by atoms with E-state index in [2.05, 4.69) is 10.4 Å². The smallest absolute Gasteiger partial charge is 0.271 e. The average molecular weight is 320 g/mol. The fourth-order valence-corrected chi connectivity index (χ4v) is 2.98. The highest BCUT2D eigenvalue weighted by Gasteiger charge is 2.31. The van der Waals surface area contributed by atoms with E-state index in [9.17, 15) is 9.90 Å². The Morgan fingerprint density at radius 3 is 2.77 bits per heavy atom. The number of nitrogens with zero attached hydrogens (tertiary/aromatic N) is 2. The first-order valence-electron chi connectivity index (χ1n) is 7.39. The van der Waals surface area contributed by atoms with Crippen LogP contribution in [0, 0.1) is 0 Å². The van der Waals surface area contributed by atoms with E-state index in [1.165, 1.54) is 0 Å². The zero-order chi connectivity index (χ0) is 15.6. The summed E-state index contributed by atoms with van der Waals surface area (Å²) < 4.78 is 1.57. The summed E-state index contributed by atoms with van der Waals surface area (Å²) in [7, 11) is 0. The van der Waals surface area contributed by atoms with Crippen LogP contribution in [-0.4, -0.2) is 32.9 Å². The van der Waals surface area contributed by atoms with Crippen molar-refractivity contribution in [1.82, 2.24) is 15.1 Å². The predicted octanol–water partition coefficient (Wildman–Crippen LogP) is 2.56. The minimum atomic E-state index is -0.763. The van der Waals surface area contributed by atoms with Crippen LogP contribution in [-0.2, 0) is 0 Å². The maximum atomic E-state index is 12.1. The third kappa shape index (κ3) is 3.15. The van der Waals surface area contributed by atoms with E-state index in [4.69, 9.17) is 11.6 Å². The second-order valence-electron chi connectivity index (χ2n) is 5.71. The van der Waals surface area contributed by atoms with Crippen molar-refractivity contribution in [2.24, 2.45) is 0 Å². The van der Waals surface area contributed by atoms with Crippen LogP contribution in [0.3, 0.4) is 0 Å². The van der Waals surface area contributed by atoms with Gasteiger partial charge in [0.25, 0.3) is 5.91 Å². The fraction of sp³-hybridized carbons (Fsp3) is 0.375. The molecule has 0 atom stereocenters. The maximum Gasteiger partial charge on any atom is 0.271 e. The van der Waals surface area contributed by atoms with Crippen molar-refractivity contribution in [3.8, 4) is 5.69 Å². The molecule has 1 aliphatic rings. The van der Waals surface area contributed by atoms with Crippen LogP contribution in [0.2, 0.25) is 5.02 Å². The lowest BCUT2D eigenvalue weighted by atomic mass is 10.0. The maximum absolute atomic E-state index is 12.1. The second kappa shape index (κ2) is 6.10. The number of halogens is 1. The second-order valence-corrected chi connectivity index (χ2v) is 6.12. The fourth-order valence-electron chi connectivity index (χ4n) is 2.76. The van der Waals surface area contributed by atoms with E-state index in [1.54, 1.807) is 23.0 Å². The summed E-state index contributed by atoms with van der Waals surface area (Å²) >= 11 is 6.12. The molecule has 0 spiro atoms. The van der Waals surface area contributed by atoms with Crippen LogP contribution in [0.25, 0.3) is 5.69 Å². The number of carbonyl (C=O) groups is 1. The highest BCUT2D eigenvalue weighted by molar-refractivity contribution is 6.32. The summed E-state index contributed by atoms with van der Waals surface area (Å²) in [5.41, 5.74) is 0.264. The van der Waals surface area contributed by atoms with Crippen LogP contribution >= 0.6 is 11.6 Å². The molecule has 6 heteroatoms.